The minimum Gasteiger partial charge on any atom is -0.392 e. The van der Waals surface area contributed by atoms with Gasteiger partial charge in [0.05, 0.1) is 12.1 Å². The predicted octanol–water partition coefficient (Wildman–Crippen LogP) is 0.438. The van der Waals surface area contributed by atoms with Crippen LogP contribution in [0.5, 0.6) is 0 Å². The van der Waals surface area contributed by atoms with Gasteiger partial charge in [0.1, 0.15) is 5.54 Å². The van der Waals surface area contributed by atoms with Gasteiger partial charge in [0, 0.05) is 52.2 Å². The summed E-state index contributed by atoms with van der Waals surface area (Å²) in [6, 6.07) is -0.391. The molecule has 1 aliphatic carbocycles. The highest BCUT2D eigenvalue weighted by Crippen LogP contribution is 2.41. The van der Waals surface area contributed by atoms with Gasteiger partial charge in [-0.1, -0.05) is 19.3 Å². The van der Waals surface area contributed by atoms with E-state index < -0.39 is 17.7 Å². The number of carbonyl (C=O) groups is 3. The van der Waals surface area contributed by atoms with Crippen molar-refractivity contribution in [3.63, 3.8) is 0 Å². The number of hydrogen-bond acceptors (Lipinski definition) is 6. The third-order valence-corrected chi connectivity index (χ3v) is 8.22. The number of nitrogens with zero attached hydrogens (tertiary/aromatic N) is 4. The van der Waals surface area contributed by atoms with Crippen molar-refractivity contribution in [2.24, 2.45) is 5.92 Å². The van der Waals surface area contributed by atoms with Crippen LogP contribution in [0.25, 0.3) is 0 Å². The molecule has 2 unspecified atom stereocenters. The van der Waals surface area contributed by atoms with Crippen LogP contribution in [0.15, 0.2) is 0 Å². The van der Waals surface area contributed by atoms with Crippen molar-refractivity contribution < 1.29 is 19.5 Å². The molecule has 3 amide bonds. The molecule has 5 fully saturated rings. The van der Waals surface area contributed by atoms with E-state index in [1.165, 1.54) is 37.0 Å². The molecule has 4 heterocycles. The number of β-amino-alcohol motifs (C(OH)–C–C–N with tert-alkyl or cyclic N) is 1. The maximum absolute atomic E-state index is 13.6. The molecule has 5 aliphatic rings. The highest BCUT2D eigenvalue weighted by molar-refractivity contribution is 6.06. The number of amides is 3. The van der Waals surface area contributed by atoms with E-state index >= 15 is 0 Å². The fourth-order valence-electron chi connectivity index (χ4n) is 6.62. The second-order valence-electron chi connectivity index (χ2n) is 10.4. The van der Waals surface area contributed by atoms with Gasteiger partial charge in [0.15, 0.2) is 0 Å². The van der Waals surface area contributed by atoms with Gasteiger partial charge >= 0.3 is 0 Å². The molecule has 0 aromatic carbocycles. The average molecular weight is 433 g/mol. The molecule has 4 aliphatic heterocycles. The van der Waals surface area contributed by atoms with Crippen LogP contribution in [0.2, 0.25) is 0 Å². The molecular formula is C23H36N4O4. The van der Waals surface area contributed by atoms with Crippen LogP contribution in [-0.4, -0.2) is 106 Å². The maximum Gasteiger partial charge on any atom is 0.252 e. The lowest BCUT2D eigenvalue weighted by atomic mass is 9.80. The highest BCUT2D eigenvalue weighted by Gasteiger charge is 2.64. The molecule has 1 N–H and O–H groups in total. The first-order valence-corrected chi connectivity index (χ1v) is 12.3. The van der Waals surface area contributed by atoms with E-state index in [2.05, 4.69) is 4.90 Å². The van der Waals surface area contributed by atoms with Gasteiger partial charge in [0.25, 0.3) is 5.91 Å². The lowest BCUT2D eigenvalue weighted by molar-refractivity contribution is -0.180. The number of aliphatic hydroxyl groups is 1. The fraction of sp³-hybridized carbons (Fsp3) is 0.870. The van der Waals surface area contributed by atoms with Crippen LogP contribution in [0, 0.1) is 5.92 Å². The van der Waals surface area contributed by atoms with Crippen molar-refractivity contribution in [1.82, 2.24) is 19.6 Å². The fourth-order valence-corrected chi connectivity index (χ4v) is 6.62. The van der Waals surface area contributed by atoms with Gasteiger partial charge < -0.3 is 10.0 Å². The van der Waals surface area contributed by atoms with E-state index in [-0.39, 0.29) is 17.7 Å². The third kappa shape index (κ3) is 3.80. The molecule has 31 heavy (non-hydrogen) atoms. The minimum atomic E-state index is -0.659. The van der Waals surface area contributed by atoms with Gasteiger partial charge in [-0.25, -0.2) is 0 Å². The highest BCUT2D eigenvalue weighted by atomic mass is 16.3. The average Bonchev–Trinajstić information content (AvgIpc) is 3.32. The van der Waals surface area contributed by atoms with Gasteiger partial charge in [-0.05, 0) is 38.0 Å². The Morgan fingerprint density at radius 3 is 2.48 bits per heavy atom. The summed E-state index contributed by atoms with van der Waals surface area (Å²) in [5, 5.41) is 10.3. The summed E-state index contributed by atoms with van der Waals surface area (Å²) in [4.78, 5) is 46.3. The molecule has 0 aromatic heterocycles. The lowest BCUT2D eigenvalue weighted by Crippen LogP contribution is -2.81. The Labute approximate surface area is 184 Å². The van der Waals surface area contributed by atoms with Gasteiger partial charge in [-0.3, -0.25) is 29.1 Å². The number of hydrogen-bond donors (Lipinski definition) is 1. The van der Waals surface area contributed by atoms with E-state index in [1.54, 1.807) is 0 Å². The summed E-state index contributed by atoms with van der Waals surface area (Å²) in [6.07, 6.45) is 8.52. The summed E-state index contributed by atoms with van der Waals surface area (Å²) in [5.41, 5.74) is -0.659. The molecule has 0 bridgehead atoms. The zero-order chi connectivity index (χ0) is 21.6. The Hall–Kier alpha value is -1.51. The second-order valence-corrected chi connectivity index (χ2v) is 10.4. The van der Waals surface area contributed by atoms with Gasteiger partial charge in [-0.15, -0.1) is 0 Å². The standard InChI is InChI=1S/C23H36N4O4/c28-18-12-19-21(30)26(11-5-10-25-9-4-8-20(25)29)22(31)23(27(19)14-18)15-24(16-23)13-17-6-2-1-3-7-17/h17-19,28H,1-16H2. The SMILES string of the molecule is O=C1CCCN1CCCN1C(=O)C2CC(O)CN2C2(CN(CC3CCCCC3)C2)C1=O. The molecule has 5 rings (SSSR count). The number of likely N-dealkylation sites (tertiary alicyclic amines) is 2. The summed E-state index contributed by atoms with van der Waals surface area (Å²) >= 11 is 0. The molecule has 0 aromatic rings. The summed E-state index contributed by atoms with van der Waals surface area (Å²) < 4.78 is 0. The number of fused-ring (bicyclic) bond motifs is 2. The number of carbonyl (C=O) groups excluding carboxylic acids is 3. The Kier molecular flexibility index (Phi) is 5.81. The molecular weight excluding hydrogens is 396 g/mol. The van der Waals surface area contributed by atoms with E-state index in [0.29, 0.717) is 52.0 Å². The first kappa shape index (κ1) is 21.3. The van der Waals surface area contributed by atoms with Crippen LogP contribution >= 0.6 is 0 Å². The van der Waals surface area contributed by atoms with Crippen LogP contribution in [0.3, 0.4) is 0 Å². The zero-order valence-electron chi connectivity index (χ0n) is 18.5. The number of aliphatic hydroxyl groups excluding tert-OH is 1. The molecule has 8 heteroatoms. The summed E-state index contributed by atoms with van der Waals surface area (Å²) in [5.74, 6) is 0.650. The Morgan fingerprint density at radius 2 is 1.77 bits per heavy atom. The second kappa shape index (κ2) is 8.45. The van der Waals surface area contributed by atoms with Crippen LogP contribution in [0.1, 0.15) is 57.8 Å². The smallest absolute Gasteiger partial charge is 0.252 e. The first-order valence-electron chi connectivity index (χ1n) is 12.3. The molecule has 1 spiro atoms. The zero-order valence-corrected chi connectivity index (χ0v) is 18.5. The van der Waals surface area contributed by atoms with E-state index in [1.807, 2.05) is 9.80 Å². The normalized spacial score (nSPS) is 32.2. The summed E-state index contributed by atoms with van der Waals surface area (Å²) in [6.45, 7) is 4.54. The minimum absolute atomic E-state index is 0.0875. The van der Waals surface area contributed by atoms with Crippen LogP contribution in [0.4, 0.5) is 0 Å². The Morgan fingerprint density at radius 1 is 1.00 bits per heavy atom. The molecule has 172 valence electrons. The predicted molar refractivity (Wildman–Crippen MR) is 114 cm³/mol. The van der Waals surface area contributed by atoms with Gasteiger partial charge in [0.2, 0.25) is 11.8 Å². The van der Waals surface area contributed by atoms with Crippen molar-refractivity contribution in [1.29, 1.82) is 0 Å². The Balaban J connectivity index is 1.25. The van der Waals surface area contributed by atoms with Crippen LogP contribution < -0.4 is 0 Å². The van der Waals surface area contributed by atoms with E-state index in [0.717, 1.165) is 25.4 Å². The molecule has 8 nitrogen and oxygen atoms in total. The topological polar surface area (TPSA) is 84.4 Å². The van der Waals surface area contributed by atoms with Gasteiger partial charge in [-0.2, -0.15) is 0 Å². The lowest BCUT2D eigenvalue weighted by Gasteiger charge is -2.59. The van der Waals surface area contributed by atoms with Crippen molar-refractivity contribution in [3.8, 4) is 0 Å². The number of piperazine rings is 1. The molecule has 0 radical (unpaired) electrons. The number of imide groups is 1. The molecule has 1 saturated carbocycles. The first-order chi connectivity index (χ1) is 15.0. The van der Waals surface area contributed by atoms with Crippen molar-refractivity contribution >= 4 is 17.7 Å². The third-order valence-electron chi connectivity index (χ3n) is 8.22. The quantitative estimate of drug-likeness (QED) is 0.613. The maximum atomic E-state index is 13.6. The van der Waals surface area contributed by atoms with Crippen molar-refractivity contribution in [2.45, 2.75) is 75.5 Å². The van der Waals surface area contributed by atoms with Crippen LogP contribution in [-0.2, 0) is 14.4 Å². The largest absolute Gasteiger partial charge is 0.392 e. The van der Waals surface area contributed by atoms with E-state index in [9.17, 15) is 19.5 Å². The molecule has 2 atom stereocenters. The summed E-state index contributed by atoms with van der Waals surface area (Å²) in [7, 11) is 0. The molecule has 4 saturated heterocycles. The van der Waals surface area contributed by atoms with E-state index in [4.69, 9.17) is 0 Å². The van der Waals surface area contributed by atoms with Crippen molar-refractivity contribution in [2.75, 3.05) is 45.8 Å². The number of rotatable bonds is 6. The Bertz CT molecular complexity index is 731. The monoisotopic (exact) mass is 432 g/mol. The van der Waals surface area contributed by atoms with Crippen molar-refractivity contribution in [3.05, 3.63) is 0 Å².